The minimum atomic E-state index is -0.444. The van der Waals surface area contributed by atoms with Gasteiger partial charge in [-0.15, -0.1) is 0 Å². The van der Waals surface area contributed by atoms with Gasteiger partial charge >= 0.3 is 5.97 Å². The number of para-hydroxylation sites is 2. The Labute approximate surface area is 207 Å². The van der Waals surface area contributed by atoms with Gasteiger partial charge in [-0.05, 0) is 42.2 Å². The molecule has 184 valence electrons. The summed E-state index contributed by atoms with van der Waals surface area (Å²) in [7, 11) is 0. The average Bonchev–Trinajstić information content (AvgIpc) is 3.14. The lowest BCUT2D eigenvalue weighted by Gasteiger charge is -2.10. The van der Waals surface area contributed by atoms with E-state index in [0.717, 1.165) is 24.0 Å². The molecule has 0 aliphatic heterocycles. The van der Waals surface area contributed by atoms with Crippen molar-refractivity contribution in [2.45, 2.75) is 71.6 Å². The molecular formula is C29H36N4O2. The van der Waals surface area contributed by atoms with E-state index in [1.165, 1.54) is 37.7 Å². The smallest absolute Gasteiger partial charge is 0.344 e. The number of hydrogen-bond acceptors (Lipinski definition) is 5. The Balaban J connectivity index is 1.63. The van der Waals surface area contributed by atoms with Crippen LogP contribution < -0.4 is 5.73 Å². The van der Waals surface area contributed by atoms with Gasteiger partial charge < -0.3 is 10.5 Å². The second-order valence-corrected chi connectivity index (χ2v) is 9.48. The molecule has 4 rings (SSSR count). The summed E-state index contributed by atoms with van der Waals surface area (Å²) < 4.78 is 7.47. The van der Waals surface area contributed by atoms with Crippen LogP contribution in [0, 0.1) is 0 Å². The average molecular weight is 473 g/mol. The Morgan fingerprint density at radius 1 is 0.914 bits per heavy atom. The number of fused-ring (bicyclic) bond motifs is 2. The maximum absolute atomic E-state index is 13.2. The second kappa shape index (κ2) is 11.3. The quantitative estimate of drug-likeness (QED) is 0.184. The third-order valence-corrected chi connectivity index (χ3v) is 6.50. The molecule has 6 nitrogen and oxygen atoms in total. The van der Waals surface area contributed by atoms with E-state index in [-0.39, 0.29) is 5.56 Å². The highest BCUT2D eigenvalue weighted by atomic mass is 16.5. The molecule has 0 aliphatic carbocycles. The van der Waals surface area contributed by atoms with Crippen LogP contribution in [-0.4, -0.2) is 27.1 Å². The molecule has 0 saturated carbocycles. The molecule has 0 amide bonds. The summed E-state index contributed by atoms with van der Waals surface area (Å²) in [5.74, 6) is 0.279. The van der Waals surface area contributed by atoms with E-state index in [0.29, 0.717) is 35.0 Å². The van der Waals surface area contributed by atoms with Crippen LogP contribution in [0.3, 0.4) is 0 Å². The van der Waals surface area contributed by atoms with Crippen LogP contribution in [0.15, 0.2) is 48.5 Å². The van der Waals surface area contributed by atoms with Crippen LogP contribution in [0.25, 0.3) is 27.9 Å². The van der Waals surface area contributed by atoms with Crippen molar-refractivity contribution in [1.29, 1.82) is 0 Å². The van der Waals surface area contributed by atoms with Crippen molar-refractivity contribution < 1.29 is 9.53 Å². The molecule has 0 radical (unpaired) electrons. The molecule has 2 aromatic carbocycles. The number of anilines is 1. The molecule has 2 heterocycles. The predicted octanol–water partition coefficient (Wildman–Crippen LogP) is 7.19. The fourth-order valence-corrected chi connectivity index (χ4v) is 4.43. The fourth-order valence-electron chi connectivity index (χ4n) is 4.43. The third kappa shape index (κ3) is 5.47. The molecule has 35 heavy (non-hydrogen) atoms. The van der Waals surface area contributed by atoms with E-state index in [2.05, 4.69) is 32.9 Å². The normalized spacial score (nSPS) is 11.5. The maximum Gasteiger partial charge on any atom is 0.344 e. The van der Waals surface area contributed by atoms with Crippen molar-refractivity contribution in [2.75, 3.05) is 12.3 Å². The van der Waals surface area contributed by atoms with Crippen LogP contribution in [-0.2, 0) is 4.74 Å². The molecular weight excluding hydrogens is 436 g/mol. The predicted molar refractivity (Wildman–Crippen MR) is 143 cm³/mol. The Kier molecular flexibility index (Phi) is 8.01. The molecule has 0 aliphatic rings. The lowest BCUT2D eigenvalue weighted by molar-refractivity contribution is 0.0501. The van der Waals surface area contributed by atoms with Gasteiger partial charge in [-0.25, -0.2) is 14.8 Å². The zero-order valence-electron chi connectivity index (χ0n) is 21.1. The summed E-state index contributed by atoms with van der Waals surface area (Å²) in [5.41, 5.74) is 11.4. The summed E-state index contributed by atoms with van der Waals surface area (Å²) in [4.78, 5) is 22.8. The van der Waals surface area contributed by atoms with E-state index in [4.69, 9.17) is 20.4 Å². The van der Waals surface area contributed by atoms with Crippen LogP contribution in [0.2, 0.25) is 0 Å². The first-order valence-electron chi connectivity index (χ1n) is 12.9. The van der Waals surface area contributed by atoms with Gasteiger partial charge in [0.15, 0.2) is 5.65 Å². The molecule has 0 fully saturated rings. The van der Waals surface area contributed by atoms with Gasteiger partial charge in [-0.2, -0.15) is 0 Å². The van der Waals surface area contributed by atoms with Gasteiger partial charge in [0, 0.05) is 5.69 Å². The van der Waals surface area contributed by atoms with Gasteiger partial charge in [-0.1, -0.05) is 83.6 Å². The van der Waals surface area contributed by atoms with Crippen molar-refractivity contribution in [2.24, 2.45) is 0 Å². The van der Waals surface area contributed by atoms with Crippen LogP contribution in [0.1, 0.15) is 87.6 Å². The van der Waals surface area contributed by atoms with Gasteiger partial charge in [0.1, 0.15) is 16.9 Å². The van der Waals surface area contributed by atoms with Gasteiger partial charge in [0.25, 0.3) is 0 Å². The third-order valence-electron chi connectivity index (χ3n) is 6.50. The number of esters is 1. The SMILES string of the molecule is CCCCCCCCCOC(=O)c1c(N)n(-c2ccc(C(C)C)cc2)c2nc3ccccc3nc12. The minimum Gasteiger partial charge on any atom is -0.462 e. The topological polar surface area (TPSA) is 83.0 Å². The molecule has 0 saturated heterocycles. The fraction of sp³-hybridized carbons (Fsp3) is 0.414. The number of benzene rings is 2. The lowest BCUT2D eigenvalue weighted by Crippen LogP contribution is -2.10. The number of nitrogens with two attached hydrogens (primary N) is 1. The highest BCUT2D eigenvalue weighted by Crippen LogP contribution is 2.32. The molecule has 2 aromatic heterocycles. The monoisotopic (exact) mass is 472 g/mol. The zero-order valence-corrected chi connectivity index (χ0v) is 21.1. The highest BCUT2D eigenvalue weighted by molar-refractivity contribution is 6.09. The number of hydrogen-bond donors (Lipinski definition) is 1. The van der Waals surface area contributed by atoms with E-state index < -0.39 is 5.97 Å². The number of carbonyl (C=O) groups is 1. The summed E-state index contributed by atoms with van der Waals surface area (Å²) in [6, 6.07) is 15.8. The first-order valence-corrected chi connectivity index (χ1v) is 12.9. The molecule has 0 spiro atoms. The standard InChI is InChI=1S/C29H36N4O2/c1-4-5-6-7-8-9-12-19-35-29(34)25-26-28(32-24-14-11-10-13-23(24)31-26)33(27(25)30)22-17-15-21(16-18-22)20(2)3/h10-11,13-18,20H,4-9,12,19,30H2,1-3H3. The van der Waals surface area contributed by atoms with Crippen molar-refractivity contribution in [1.82, 2.24) is 14.5 Å². The molecule has 6 heteroatoms. The Hall–Kier alpha value is -3.41. The number of rotatable bonds is 11. The maximum atomic E-state index is 13.2. The Bertz CT molecular complexity index is 1290. The molecule has 0 atom stereocenters. The van der Waals surface area contributed by atoms with E-state index in [1.54, 1.807) is 0 Å². The minimum absolute atomic E-state index is 0.286. The number of ether oxygens (including phenoxy) is 1. The lowest BCUT2D eigenvalue weighted by atomic mass is 10.0. The van der Waals surface area contributed by atoms with E-state index in [9.17, 15) is 4.79 Å². The largest absolute Gasteiger partial charge is 0.462 e. The number of carbonyl (C=O) groups excluding carboxylic acids is 1. The van der Waals surface area contributed by atoms with Crippen molar-refractivity contribution in [3.8, 4) is 5.69 Å². The number of unbranched alkanes of at least 4 members (excludes halogenated alkanes) is 6. The van der Waals surface area contributed by atoms with E-state index >= 15 is 0 Å². The Morgan fingerprint density at radius 2 is 1.54 bits per heavy atom. The first-order chi connectivity index (χ1) is 17.0. The van der Waals surface area contributed by atoms with Crippen LogP contribution >= 0.6 is 0 Å². The molecule has 4 aromatic rings. The van der Waals surface area contributed by atoms with E-state index in [1.807, 2.05) is 41.0 Å². The summed E-state index contributed by atoms with van der Waals surface area (Å²) >= 11 is 0. The van der Waals surface area contributed by atoms with Crippen molar-refractivity contribution in [3.63, 3.8) is 0 Å². The zero-order chi connectivity index (χ0) is 24.8. The summed E-state index contributed by atoms with van der Waals surface area (Å²) in [6.45, 7) is 6.91. The van der Waals surface area contributed by atoms with Crippen molar-refractivity contribution >= 4 is 34.0 Å². The number of nitrogen functional groups attached to an aromatic ring is 1. The molecule has 0 bridgehead atoms. The number of nitrogens with zero attached hydrogens (tertiary/aromatic N) is 3. The van der Waals surface area contributed by atoms with Gasteiger partial charge in [-0.3, -0.25) is 4.57 Å². The van der Waals surface area contributed by atoms with Gasteiger partial charge in [0.2, 0.25) is 0 Å². The molecule has 0 unspecified atom stereocenters. The number of aromatic nitrogens is 3. The highest BCUT2D eigenvalue weighted by Gasteiger charge is 2.26. The van der Waals surface area contributed by atoms with Crippen LogP contribution in [0.5, 0.6) is 0 Å². The van der Waals surface area contributed by atoms with Gasteiger partial charge in [0.05, 0.1) is 17.6 Å². The second-order valence-electron chi connectivity index (χ2n) is 9.48. The Morgan fingerprint density at radius 3 is 2.20 bits per heavy atom. The first kappa shape index (κ1) is 24.7. The summed E-state index contributed by atoms with van der Waals surface area (Å²) in [5, 5.41) is 0. The van der Waals surface area contributed by atoms with Crippen LogP contribution in [0.4, 0.5) is 5.82 Å². The summed E-state index contributed by atoms with van der Waals surface area (Å²) in [6.07, 6.45) is 8.11. The molecule has 2 N–H and O–H groups in total. The van der Waals surface area contributed by atoms with Crippen molar-refractivity contribution in [3.05, 3.63) is 59.7 Å².